The Morgan fingerprint density at radius 1 is 0.923 bits per heavy atom. The Bertz CT molecular complexity index is 201. The van der Waals surface area contributed by atoms with Crippen LogP contribution in [-0.4, -0.2) is 29.4 Å². The average Bonchev–Trinajstić information content (AvgIpc) is 1.52. The minimum absolute atomic E-state index is 1.25. The van der Waals surface area contributed by atoms with Crippen LogP contribution in [0.4, 0.5) is 0 Å². The maximum atomic E-state index is 7.56. The summed E-state index contributed by atoms with van der Waals surface area (Å²) in [6, 6.07) is 0. The maximum Gasteiger partial charge on any atom is 0.319 e. The summed E-state index contributed by atoms with van der Waals surface area (Å²) in [6.45, 7) is -7.61. The molecule has 0 aliphatic rings. The van der Waals surface area contributed by atoms with Crippen molar-refractivity contribution in [3.05, 3.63) is 0 Å². The van der Waals surface area contributed by atoms with Crippen LogP contribution in [0.25, 0.3) is 0 Å². The second kappa shape index (κ2) is 8.93. The molecule has 0 bridgehead atoms. The number of nitrogens with two attached hydrogens (primary N) is 1. The van der Waals surface area contributed by atoms with Gasteiger partial charge in [0, 0.05) is 0 Å². The highest BCUT2D eigenvalue weighted by atomic mass is 32.5. The highest BCUT2D eigenvalue weighted by Gasteiger charge is 1.92. The fourth-order valence-corrected chi connectivity index (χ4v) is 0. The van der Waals surface area contributed by atoms with Crippen LogP contribution in [-0.2, 0) is 23.6 Å². The van der Waals surface area contributed by atoms with E-state index in [-0.39, 0.29) is 0 Å². The van der Waals surface area contributed by atoms with Crippen LogP contribution in [0.2, 0.25) is 0 Å². The van der Waals surface area contributed by atoms with E-state index < -0.39 is 13.4 Å². The van der Waals surface area contributed by atoms with E-state index in [4.69, 9.17) is 34.6 Å². The third-order valence-corrected chi connectivity index (χ3v) is 0. The molecule has 0 rings (SSSR count). The van der Waals surface area contributed by atoms with Gasteiger partial charge in [0.1, 0.15) is 0 Å². The Morgan fingerprint density at radius 2 is 0.923 bits per heavy atom. The molecule has 0 aromatic heterocycles. The summed E-state index contributed by atoms with van der Waals surface area (Å²) in [5, 5.41) is 7.10. The van der Waals surface area contributed by atoms with E-state index in [1.165, 1.54) is 6.19 Å². The molecule has 13 heavy (non-hydrogen) atoms. The second-order valence-corrected chi connectivity index (χ2v) is 6.15. The summed E-state index contributed by atoms with van der Waals surface area (Å²) < 4.78 is 0. The lowest BCUT2D eigenvalue weighted by Crippen LogP contribution is -1.69. The van der Waals surface area contributed by atoms with Crippen molar-refractivity contribution in [3.8, 4) is 6.19 Å². The molecule has 0 fully saturated rings. The number of nitrogens with zero attached hydrogens (tertiary/aromatic N) is 1. The number of nitriles is 1. The zero-order valence-corrected chi connectivity index (χ0v) is 9.34. The van der Waals surface area contributed by atoms with Gasteiger partial charge in [-0.2, -0.15) is 5.26 Å². The predicted octanol–water partition coefficient (Wildman–Crippen LogP) is -2.20. The average molecular weight is 270 g/mol. The van der Waals surface area contributed by atoms with Crippen molar-refractivity contribution >= 4 is 37.1 Å². The first kappa shape index (κ1) is 19.0. The van der Waals surface area contributed by atoms with Crippen LogP contribution in [0.1, 0.15) is 0 Å². The van der Waals surface area contributed by atoms with Gasteiger partial charge >= 0.3 is 13.4 Å². The molecule has 0 aliphatic heterocycles. The fraction of sp³-hybridized carbons (Fsp3) is 0. The van der Waals surface area contributed by atoms with E-state index in [9.17, 15) is 0 Å². The third-order valence-electron chi connectivity index (χ3n) is 0. The van der Waals surface area contributed by atoms with Gasteiger partial charge in [0.2, 0.25) is 0 Å². The van der Waals surface area contributed by atoms with E-state index in [2.05, 4.69) is 29.3 Å². The standard InChI is InChI=1S/CH2N2.2H3O3PS/c2-1-3;2*1-4(2,3)5/h2H2;2*(H3,1,2,3,5). The number of hydrogen-bond donors (Lipinski definition) is 7. The molecule has 0 atom stereocenters. The minimum Gasteiger partial charge on any atom is -0.337 e. The van der Waals surface area contributed by atoms with Gasteiger partial charge < -0.3 is 35.1 Å². The molecule has 0 saturated carbocycles. The Balaban J connectivity index is -0.000000120. The molecule has 0 spiro atoms. The molecule has 0 amide bonds. The summed E-state index contributed by atoms with van der Waals surface area (Å²) in [5.74, 6) is 0. The van der Waals surface area contributed by atoms with E-state index in [1.54, 1.807) is 0 Å². The van der Waals surface area contributed by atoms with E-state index in [1.807, 2.05) is 0 Å². The topological polar surface area (TPSA) is 171 Å². The molecule has 8 nitrogen and oxygen atoms in total. The lowest BCUT2D eigenvalue weighted by Gasteiger charge is -1.88. The summed E-state index contributed by atoms with van der Waals surface area (Å²) in [7, 11) is 0. The molecular weight excluding hydrogens is 262 g/mol. The van der Waals surface area contributed by atoms with Crippen LogP contribution in [0.15, 0.2) is 0 Å². The summed E-state index contributed by atoms with van der Waals surface area (Å²) >= 11 is 7.21. The molecule has 12 heteroatoms. The first-order chi connectivity index (χ1) is 5.41. The molecule has 0 radical (unpaired) electrons. The zero-order valence-electron chi connectivity index (χ0n) is 5.92. The Morgan fingerprint density at radius 3 is 0.923 bits per heavy atom. The molecule has 0 aliphatic carbocycles. The lowest BCUT2D eigenvalue weighted by molar-refractivity contribution is 0.361. The molecule has 0 heterocycles. The van der Waals surface area contributed by atoms with Crippen LogP contribution in [0, 0.1) is 11.5 Å². The van der Waals surface area contributed by atoms with Gasteiger partial charge in [-0.1, -0.05) is 0 Å². The molecule has 0 aromatic carbocycles. The molecule has 0 aromatic rings. The largest absolute Gasteiger partial charge is 0.337 e. The first-order valence-corrected chi connectivity index (χ1v) is 7.40. The smallest absolute Gasteiger partial charge is 0.319 e. The molecule has 8 N–H and O–H groups in total. The molecule has 80 valence electrons. The summed E-state index contributed by atoms with van der Waals surface area (Å²) in [4.78, 5) is 45.3. The maximum absolute atomic E-state index is 7.56. The predicted molar refractivity (Wildman–Crippen MR) is 51.7 cm³/mol. The second-order valence-electron chi connectivity index (χ2n) is 1.16. The Hall–Kier alpha value is 0.350. The van der Waals surface area contributed by atoms with Gasteiger partial charge in [-0.3, -0.25) is 0 Å². The van der Waals surface area contributed by atoms with E-state index in [0.29, 0.717) is 0 Å². The van der Waals surface area contributed by atoms with E-state index >= 15 is 0 Å². The highest BCUT2D eigenvalue weighted by Crippen LogP contribution is 2.26. The zero-order chi connectivity index (χ0) is 11.7. The quantitative estimate of drug-likeness (QED) is 0.145. The van der Waals surface area contributed by atoms with Gasteiger partial charge in [-0.25, -0.2) is 0 Å². The summed E-state index contributed by atoms with van der Waals surface area (Å²) in [5.41, 5.74) is 4.15. The van der Waals surface area contributed by atoms with Crippen LogP contribution in [0.3, 0.4) is 0 Å². The molecular formula is CH8N2O6P2S2. The Kier molecular flexibility index (Phi) is 13.1. The van der Waals surface area contributed by atoms with Crippen molar-refractivity contribution in [1.29, 1.82) is 5.26 Å². The van der Waals surface area contributed by atoms with Gasteiger partial charge in [0.15, 0.2) is 6.19 Å². The monoisotopic (exact) mass is 270 g/mol. The van der Waals surface area contributed by atoms with Crippen molar-refractivity contribution in [2.75, 3.05) is 0 Å². The van der Waals surface area contributed by atoms with Crippen molar-refractivity contribution < 1.29 is 29.4 Å². The minimum atomic E-state index is -3.81. The lowest BCUT2D eigenvalue weighted by atomic mass is 11.5. The van der Waals surface area contributed by atoms with E-state index in [0.717, 1.165) is 0 Å². The molecule has 0 unspecified atom stereocenters. The number of rotatable bonds is 0. The van der Waals surface area contributed by atoms with Gasteiger partial charge in [-0.05, 0) is 23.6 Å². The van der Waals surface area contributed by atoms with Crippen molar-refractivity contribution in [1.82, 2.24) is 0 Å². The Labute approximate surface area is 84.0 Å². The molecule has 0 saturated heterocycles. The van der Waals surface area contributed by atoms with Crippen molar-refractivity contribution in [3.63, 3.8) is 0 Å². The summed E-state index contributed by atoms with van der Waals surface area (Å²) in [6.07, 6.45) is 1.25. The van der Waals surface area contributed by atoms with Crippen LogP contribution >= 0.6 is 13.4 Å². The van der Waals surface area contributed by atoms with Gasteiger partial charge in [-0.15, -0.1) is 0 Å². The highest BCUT2D eigenvalue weighted by molar-refractivity contribution is 8.06. The number of hydrogen-bond acceptors (Lipinski definition) is 4. The van der Waals surface area contributed by atoms with Gasteiger partial charge in [0.05, 0.1) is 0 Å². The van der Waals surface area contributed by atoms with Crippen LogP contribution < -0.4 is 5.73 Å². The van der Waals surface area contributed by atoms with Gasteiger partial charge in [0.25, 0.3) is 0 Å². The fourth-order valence-electron chi connectivity index (χ4n) is 0. The SMILES string of the molecule is N#CN.OP(O)(O)=S.OP(O)(O)=S. The first-order valence-electron chi connectivity index (χ1n) is 2.08. The van der Waals surface area contributed by atoms with Crippen molar-refractivity contribution in [2.24, 2.45) is 5.73 Å². The normalized spacial score (nSPS) is 9.62. The van der Waals surface area contributed by atoms with Crippen molar-refractivity contribution in [2.45, 2.75) is 0 Å². The third kappa shape index (κ3) is 10800. The van der Waals surface area contributed by atoms with Crippen LogP contribution in [0.5, 0.6) is 0 Å².